The number of rotatable bonds is 23. The fourth-order valence-electron chi connectivity index (χ4n) is 6.89. The van der Waals surface area contributed by atoms with Crippen molar-refractivity contribution in [2.45, 2.75) is 43.5 Å². The van der Waals surface area contributed by atoms with E-state index in [0.717, 1.165) is 17.0 Å². The highest BCUT2D eigenvalue weighted by atomic mass is 35.5. The van der Waals surface area contributed by atoms with Crippen LogP contribution < -0.4 is 81.4 Å². The lowest BCUT2D eigenvalue weighted by atomic mass is 10.1. The van der Waals surface area contributed by atoms with Crippen molar-refractivity contribution in [3.8, 4) is 28.3 Å². The molecule has 0 aliphatic carbocycles. The molecule has 0 fully saturated rings. The zero-order chi connectivity index (χ0) is 58.2. The number of anilines is 1. The third-order valence-corrected chi connectivity index (χ3v) is 11.0. The molecule has 25 N–H and O–H groups in total. The summed E-state index contributed by atoms with van der Waals surface area (Å²) in [6, 6.07) is 23.1. The predicted molar refractivity (Wildman–Crippen MR) is 284 cm³/mol. The van der Waals surface area contributed by atoms with Gasteiger partial charge >= 0.3 is 5.69 Å². The van der Waals surface area contributed by atoms with E-state index >= 15 is 0 Å². The van der Waals surface area contributed by atoms with Gasteiger partial charge in [-0.1, -0.05) is 83.9 Å². The lowest BCUT2D eigenvalue weighted by Crippen LogP contribution is -2.68. The van der Waals surface area contributed by atoms with Crippen LogP contribution in [0.5, 0.6) is 5.75 Å². The normalized spacial score (nSPS) is 12.9. The molecule has 5 rings (SSSR count). The first kappa shape index (κ1) is 59.3. The van der Waals surface area contributed by atoms with Crippen molar-refractivity contribution in [1.29, 1.82) is 21.6 Å². The number of aliphatic hydroxyl groups is 1. The molecule has 79 heavy (non-hydrogen) atoms. The van der Waals surface area contributed by atoms with Gasteiger partial charge in [0.25, 0.3) is 29.5 Å². The van der Waals surface area contributed by atoms with E-state index in [1.165, 1.54) is 30.3 Å². The lowest BCUT2D eigenvalue weighted by molar-refractivity contribution is -0.385. The number of hydrogen-bond acceptors (Lipinski definition) is 17. The van der Waals surface area contributed by atoms with E-state index in [2.05, 4.69) is 41.9 Å². The average molecular weight is 1130 g/mol. The SMILES string of the molecule is N=C(N)NC(NC(=O)C(NC(=N)N)NC(=O)C(NC(=N)N)NC(=O)C(NC(=N)N)NC(=O)C(NC(=O)C(O)N(Cc1ccc(O)c([N+](=O)[O-])c1)c1nc(-c2ccc(Cl)cc2)cc(-c2ccc(Cl)cc2)n1)c1ccccc1)C(N)=O. The molecule has 0 spiro atoms. The Morgan fingerprint density at radius 3 is 1.41 bits per heavy atom. The molecule has 6 unspecified atom stereocenters. The molecule has 32 nitrogen and oxygen atoms in total. The third kappa shape index (κ3) is 17.0. The molecular formula is C45H50Cl2N22O10. The Labute approximate surface area is 455 Å². The number of benzene rings is 4. The summed E-state index contributed by atoms with van der Waals surface area (Å²) in [5.41, 5.74) is 27.7. The van der Waals surface area contributed by atoms with Crippen LogP contribution in [0.1, 0.15) is 17.2 Å². The van der Waals surface area contributed by atoms with Crippen molar-refractivity contribution in [3.05, 3.63) is 134 Å². The Bertz CT molecular complexity index is 3100. The van der Waals surface area contributed by atoms with Gasteiger partial charge in [0, 0.05) is 33.8 Å². The number of carbonyl (C=O) groups is 6. The number of nitrogens with zero attached hydrogens (tertiary/aromatic N) is 4. The molecule has 0 bridgehead atoms. The lowest BCUT2D eigenvalue weighted by Gasteiger charge is -2.30. The highest BCUT2D eigenvalue weighted by molar-refractivity contribution is 6.31. The number of amides is 6. The molecule has 34 heteroatoms. The molecular weight excluding hydrogens is 1080 g/mol. The predicted octanol–water partition coefficient (Wildman–Crippen LogP) is -2.90. The zero-order valence-electron chi connectivity index (χ0n) is 40.6. The smallest absolute Gasteiger partial charge is 0.311 e. The van der Waals surface area contributed by atoms with Crippen LogP contribution >= 0.6 is 23.2 Å². The fourth-order valence-corrected chi connectivity index (χ4v) is 7.14. The van der Waals surface area contributed by atoms with Crippen LogP contribution in [0.3, 0.4) is 0 Å². The first-order valence-corrected chi connectivity index (χ1v) is 23.2. The summed E-state index contributed by atoms with van der Waals surface area (Å²) in [6.07, 6.45) is -10.6. The van der Waals surface area contributed by atoms with Gasteiger partial charge in [-0.2, -0.15) is 0 Å². The van der Waals surface area contributed by atoms with Crippen molar-refractivity contribution in [2.75, 3.05) is 4.90 Å². The van der Waals surface area contributed by atoms with Gasteiger partial charge in [-0.25, -0.2) is 9.97 Å². The highest BCUT2D eigenvalue weighted by Gasteiger charge is 2.36. The summed E-state index contributed by atoms with van der Waals surface area (Å²) in [4.78, 5) is 103. The van der Waals surface area contributed by atoms with Crippen molar-refractivity contribution < 1.29 is 43.9 Å². The van der Waals surface area contributed by atoms with E-state index in [4.69, 9.17) is 73.5 Å². The maximum atomic E-state index is 14.6. The van der Waals surface area contributed by atoms with E-state index < -0.39 is 119 Å². The van der Waals surface area contributed by atoms with Crippen molar-refractivity contribution in [3.63, 3.8) is 0 Å². The number of guanidine groups is 4. The number of nitrogens with one attached hydrogen (secondary N) is 13. The number of nitro groups is 1. The van der Waals surface area contributed by atoms with Crippen molar-refractivity contribution in [2.24, 2.45) is 28.7 Å². The van der Waals surface area contributed by atoms with Crippen LogP contribution in [-0.2, 0) is 35.3 Å². The van der Waals surface area contributed by atoms with Crippen LogP contribution in [0.4, 0.5) is 11.6 Å². The Morgan fingerprint density at radius 2 is 0.987 bits per heavy atom. The first-order chi connectivity index (χ1) is 37.3. The fraction of sp³-hybridized carbons (Fsp3) is 0.156. The minimum atomic E-state index is -2.38. The van der Waals surface area contributed by atoms with Gasteiger partial charge < -0.3 is 91.6 Å². The number of aliphatic hydroxyl groups excluding tert-OH is 1. The summed E-state index contributed by atoms with van der Waals surface area (Å²) < 4.78 is 0. The topological polar surface area (TPSA) is 549 Å². The molecule has 0 saturated heterocycles. The molecule has 6 atom stereocenters. The number of primary amides is 1. The molecule has 414 valence electrons. The standard InChI is InChI=1S/C45H50Cl2N22O10/c46-23-11-7-20(8-12-23)25-17-26(21-9-13-24(47)14-10-21)58-45(57-25)68(18-19-6-15-28(70)27(16-19)69(78)79)40(77)39(76)59-29(22-4-2-1-3-5-22)35(72)61-32(65-42(51)52)37(74)63-34(67-44(55)56)38(75)62-33(66-43(53)54)36(73)60-31(30(48)71)64-41(49)50/h1-17,29,31-34,40,70,77H,18H2,(H2,48,71)(H,59,76)(H,60,73)(H,61,72)(H,62,75)(H,63,74)(H4,49,50,64)(H4,51,52,65)(H4,53,54,66)(H4,55,56,67). The molecule has 5 aromatic rings. The molecule has 6 amide bonds. The quantitative estimate of drug-likeness (QED) is 0.0103. The number of nitrogens with two attached hydrogens (primary N) is 5. The average Bonchev–Trinajstić information content (AvgIpc) is 3.48. The molecule has 0 radical (unpaired) electrons. The Kier molecular flexibility index (Phi) is 20.1. The Balaban J connectivity index is 1.51. The minimum absolute atomic E-state index is 0.0177. The summed E-state index contributed by atoms with van der Waals surface area (Å²) in [5.74, 6) is -12.7. The molecule has 0 aliphatic heterocycles. The van der Waals surface area contributed by atoms with Gasteiger partial charge in [-0.05, 0) is 47.5 Å². The van der Waals surface area contributed by atoms with E-state index in [0.29, 0.717) is 21.2 Å². The van der Waals surface area contributed by atoms with Gasteiger partial charge in [-0.15, -0.1) is 0 Å². The van der Waals surface area contributed by atoms with E-state index in [1.807, 2.05) is 16.0 Å². The van der Waals surface area contributed by atoms with Crippen LogP contribution in [0, 0.1) is 31.8 Å². The summed E-state index contributed by atoms with van der Waals surface area (Å²) in [6.45, 7) is -0.572. The minimum Gasteiger partial charge on any atom is -0.502 e. The second-order valence-corrected chi connectivity index (χ2v) is 17.2. The van der Waals surface area contributed by atoms with Crippen LogP contribution in [0.25, 0.3) is 22.5 Å². The van der Waals surface area contributed by atoms with E-state index in [-0.39, 0.29) is 28.5 Å². The maximum absolute atomic E-state index is 14.6. The van der Waals surface area contributed by atoms with Gasteiger partial charge in [0.15, 0.2) is 54.3 Å². The van der Waals surface area contributed by atoms with Crippen molar-refractivity contribution in [1.82, 2.24) is 57.8 Å². The first-order valence-electron chi connectivity index (χ1n) is 22.4. The Morgan fingerprint density at radius 1 is 0.570 bits per heavy atom. The number of halogens is 2. The maximum Gasteiger partial charge on any atom is 0.311 e. The molecule has 1 heterocycles. The van der Waals surface area contributed by atoms with Crippen LogP contribution in [0.2, 0.25) is 10.0 Å². The summed E-state index contributed by atoms with van der Waals surface area (Å²) >= 11 is 12.4. The number of aromatic hydroxyl groups is 1. The molecule has 0 saturated carbocycles. The zero-order valence-corrected chi connectivity index (χ0v) is 42.1. The molecule has 0 aliphatic rings. The number of carbonyl (C=O) groups excluding carboxylic acids is 6. The summed E-state index contributed by atoms with van der Waals surface area (Å²) in [7, 11) is 0. The van der Waals surface area contributed by atoms with Gasteiger partial charge in [0.1, 0.15) is 6.04 Å². The Hall–Kier alpha value is -10.6. The van der Waals surface area contributed by atoms with Gasteiger partial charge in [0.2, 0.25) is 18.1 Å². The second-order valence-electron chi connectivity index (χ2n) is 16.3. The molecule has 1 aromatic heterocycles. The van der Waals surface area contributed by atoms with E-state index in [1.54, 1.807) is 60.7 Å². The monoisotopic (exact) mass is 1130 g/mol. The number of phenolic OH excluding ortho intramolecular Hbond substituents is 1. The van der Waals surface area contributed by atoms with Crippen LogP contribution in [-0.4, -0.2) is 115 Å². The van der Waals surface area contributed by atoms with E-state index in [9.17, 15) is 49.1 Å². The number of hydrogen-bond donors (Lipinski definition) is 20. The molecule has 4 aromatic carbocycles. The number of nitro benzene ring substituents is 1. The largest absolute Gasteiger partial charge is 0.502 e. The highest BCUT2D eigenvalue weighted by Crippen LogP contribution is 2.31. The third-order valence-electron chi connectivity index (χ3n) is 10.5. The van der Waals surface area contributed by atoms with Crippen LogP contribution in [0.15, 0.2) is 103 Å². The number of aromatic nitrogens is 2. The van der Waals surface area contributed by atoms with Crippen molar-refractivity contribution >= 4 is 94.1 Å². The van der Waals surface area contributed by atoms with Gasteiger partial charge in [0.05, 0.1) is 16.3 Å². The summed E-state index contributed by atoms with van der Waals surface area (Å²) in [5, 5.41) is 84.9. The number of phenols is 1. The van der Waals surface area contributed by atoms with Gasteiger partial charge in [-0.3, -0.25) is 60.5 Å². The second kappa shape index (κ2) is 26.7.